The molecule has 0 saturated carbocycles. The lowest BCUT2D eigenvalue weighted by Gasteiger charge is -2.14. The molecule has 22 heavy (non-hydrogen) atoms. The Balaban J connectivity index is 1.94. The summed E-state index contributed by atoms with van der Waals surface area (Å²) in [6, 6.07) is 8.07. The van der Waals surface area contributed by atoms with Gasteiger partial charge in [-0.3, -0.25) is 9.69 Å². The topological polar surface area (TPSA) is 20.3 Å². The number of benzene rings is 1. The van der Waals surface area contributed by atoms with E-state index in [0.29, 0.717) is 14.9 Å². The lowest BCUT2D eigenvalue weighted by molar-refractivity contribution is -0.113. The summed E-state index contributed by atoms with van der Waals surface area (Å²) in [7, 11) is 0. The molecule has 1 amide bonds. The van der Waals surface area contributed by atoms with Gasteiger partial charge in [0.1, 0.15) is 5.82 Å². The van der Waals surface area contributed by atoms with Gasteiger partial charge in [0.15, 0.2) is 4.32 Å². The van der Waals surface area contributed by atoms with Crippen LogP contribution in [0.3, 0.4) is 0 Å². The van der Waals surface area contributed by atoms with Gasteiger partial charge in [0.25, 0.3) is 5.91 Å². The van der Waals surface area contributed by atoms with Crippen molar-refractivity contribution in [3.63, 3.8) is 0 Å². The maximum Gasteiger partial charge on any atom is 0.270 e. The molecule has 0 bridgehead atoms. The molecule has 2 aromatic rings. The third-order valence-electron chi connectivity index (χ3n) is 2.99. The number of thioether (sulfide) groups is 1. The Kier molecular flexibility index (Phi) is 4.36. The predicted octanol–water partition coefficient (Wildman–Crippen LogP) is 5.25. The number of anilines is 1. The summed E-state index contributed by atoms with van der Waals surface area (Å²) in [5.74, 6) is -0.746. The van der Waals surface area contributed by atoms with E-state index in [9.17, 15) is 9.18 Å². The van der Waals surface area contributed by atoms with Gasteiger partial charge in [-0.25, -0.2) is 4.39 Å². The van der Waals surface area contributed by atoms with Gasteiger partial charge in [-0.2, -0.15) is 0 Å². The molecular weight excluding hydrogens is 361 g/mol. The van der Waals surface area contributed by atoms with Crippen LogP contribution in [0, 0.1) is 12.7 Å². The fourth-order valence-electron chi connectivity index (χ4n) is 1.97. The van der Waals surface area contributed by atoms with Crippen LogP contribution in [-0.4, -0.2) is 10.2 Å². The first-order chi connectivity index (χ1) is 10.5. The van der Waals surface area contributed by atoms with Crippen molar-refractivity contribution in [1.82, 2.24) is 0 Å². The SMILES string of the molecule is Cc1ccc(/C=C2/SC(=S)N(c3ccc(F)c(Cl)c3)C2=O)s1. The molecule has 2 nitrogen and oxygen atoms in total. The fraction of sp³-hybridized carbons (Fsp3) is 0.0667. The van der Waals surface area contributed by atoms with Crippen LogP contribution in [0.15, 0.2) is 35.2 Å². The Morgan fingerprint density at radius 3 is 2.73 bits per heavy atom. The lowest BCUT2D eigenvalue weighted by atomic mass is 10.2. The highest BCUT2D eigenvalue weighted by atomic mass is 35.5. The summed E-state index contributed by atoms with van der Waals surface area (Å²) in [4.78, 5) is 16.6. The number of halogens is 2. The van der Waals surface area contributed by atoms with E-state index < -0.39 is 5.82 Å². The van der Waals surface area contributed by atoms with E-state index in [1.165, 1.54) is 39.7 Å². The third kappa shape index (κ3) is 2.96. The molecule has 0 unspecified atom stereocenters. The maximum atomic E-state index is 13.3. The minimum absolute atomic E-state index is 0.0376. The van der Waals surface area contributed by atoms with E-state index >= 15 is 0 Å². The Morgan fingerprint density at radius 1 is 1.32 bits per heavy atom. The number of rotatable bonds is 2. The predicted molar refractivity (Wildman–Crippen MR) is 96.1 cm³/mol. The number of aryl methyl sites for hydroxylation is 1. The molecule has 1 aliphatic rings. The molecule has 1 aliphatic heterocycles. The van der Waals surface area contributed by atoms with Gasteiger partial charge >= 0.3 is 0 Å². The Bertz CT molecular complexity index is 815. The second-order valence-corrected chi connectivity index (χ2v) is 7.97. The van der Waals surface area contributed by atoms with Crippen LogP contribution in [-0.2, 0) is 4.79 Å². The molecule has 0 atom stereocenters. The number of thiophene rings is 1. The summed E-state index contributed by atoms with van der Waals surface area (Å²) in [5, 5.41) is -0.0376. The van der Waals surface area contributed by atoms with Gasteiger partial charge in [-0.1, -0.05) is 35.6 Å². The van der Waals surface area contributed by atoms with Gasteiger partial charge < -0.3 is 0 Å². The molecule has 2 heterocycles. The van der Waals surface area contributed by atoms with Crippen molar-refractivity contribution in [2.24, 2.45) is 0 Å². The van der Waals surface area contributed by atoms with Crippen LogP contribution >= 0.6 is 46.9 Å². The molecule has 0 spiro atoms. The van der Waals surface area contributed by atoms with E-state index in [1.54, 1.807) is 11.3 Å². The zero-order valence-electron chi connectivity index (χ0n) is 11.3. The lowest BCUT2D eigenvalue weighted by Crippen LogP contribution is -2.27. The summed E-state index contributed by atoms with van der Waals surface area (Å²) in [5.41, 5.74) is 0.472. The molecule has 1 aromatic carbocycles. The molecule has 1 saturated heterocycles. The largest absolute Gasteiger partial charge is 0.270 e. The molecule has 0 radical (unpaired) electrons. The van der Waals surface area contributed by atoms with Crippen molar-refractivity contribution in [2.75, 3.05) is 4.90 Å². The smallest absolute Gasteiger partial charge is 0.268 e. The van der Waals surface area contributed by atoms with Crippen molar-refractivity contribution < 1.29 is 9.18 Å². The van der Waals surface area contributed by atoms with Crippen molar-refractivity contribution in [3.8, 4) is 0 Å². The number of amides is 1. The number of carbonyl (C=O) groups excluding carboxylic acids is 1. The number of thiocarbonyl (C=S) groups is 1. The van der Waals surface area contributed by atoms with Gasteiger partial charge in [-0.05, 0) is 43.3 Å². The Morgan fingerprint density at radius 2 is 2.09 bits per heavy atom. The average Bonchev–Trinajstić information content (AvgIpc) is 2.98. The van der Waals surface area contributed by atoms with Crippen LogP contribution in [0.1, 0.15) is 9.75 Å². The van der Waals surface area contributed by atoms with Crippen molar-refractivity contribution in [3.05, 3.63) is 55.8 Å². The fourth-order valence-corrected chi connectivity index (χ4v) is 4.33. The first kappa shape index (κ1) is 15.7. The molecular formula is C15H9ClFNOS3. The first-order valence-electron chi connectivity index (χ1n) is 6.25. The minimum atomic E-state index is -0.527. The number of nitrogens with zero attached hydrogens (tertiary/aromatic N) is 1. The summed E-state index contributed by atoms with van der Waals surface area (Å²) in [6.07, 6.45) is 1.82. The molecule has 0 aliphatic carbocycles. The molecule has 1 fully saturated rings. The molecule has 7 heteroatoms. The normalized spacial score (nSPS) is 16.9. The highest BCUT2D eigenvalue weighted by Crippen LogP contribution is 2.37. The first-order valence-corrected chi connectivity index (χ1v) is 8.67. The second-order valence-electron chi connectivity index (χ2n) is 4.56. The average molecular weight is 370 g/mol. The highest BCUT2D eigenvalue weighted by molar-refractivity contribution is 8.27. The standard InChI is InChI=1S/C15H9ClFNOS3/c1-8-2-4-10(21-8)7-13-14(19)18(15(20)22-13)9-3-5-12(17)11(16)6-9/h2-7H,1H3/b13-7+. The molecule has 1 aromatic heterocycles. The molecule has 3 rings (SSSR count). The number of carbonyl (C=O) groups is 1. The van der Waals surface area contributed by atoms with Gasteiger partial charge in [0.2, 0.25) is 0 Å². The third-order valence-corrected chi connectivity index (χ3v) is 5.53. The minimum Gasteiger partial charge on any atom is -0.268 e. The van der Waals surface area contributed by atoms with E-state index in [1.807, 2.05) is 25.1 Å². The van der Waals surface area contributed by atoms with Gasteiger partial charge in [0.05, 0.1) is 15.6 Å². The zero-order valence-corrected chi connectivity index (χ0v) is 14.5. The Hall–Kier alpha value is -1.21. The molecule has 0 N–H and O–H groups in total. The van der Waals surface area contributed by atoms with Gasteiger partial charge in [-0.15, -0.1) is 11.3 Å². The zero-order chi connectivity index (χ0) is 15.9. The van der Waals surface area contributed by atoms with Crippen molar-refractivity contribution >= 4 is 68.9 Å². The van der Waals surface area contributed by atoms with Crippen LogP contribution in [0.2, 0.25) is 5.02 Å². The molecule has 112 valence electrons. The second kappa shape index (κ2) is 6.12. The van der Waals surface area contributed by atoms with E-state index in [4.69, 9.17) is 23.8 Å². The van der Waals surface area contributed by atoms with Crippen LogP contribution in [0.5, 0.6) is 0 Å². The van der Waals surface area contributed by atoms with Crippen LogP contribution in [0.4, 0.5) is 10.1 Å². The van der Waals surface area contributed by atoms with Crippen molar-refractivity contribution in [2.45, 2.75) is 6.92 Å². The van der Waals surface area contributed by atoms with E-state index in [-0.39, 0.29) is 10.9 Å². The van der Waals surface area contributed by atoms with Crippen LogP contribution < -0.4 is 4.90 Å². The van der Waals surface area contributed by atoms with Crippen LogP contribution in [0.25, 0.3) is 6.08 Å². The van der Waals surface area contributed by atoms with E-state index in [0.717, 1.165) is 4.88 Å². The monoisotopic (exact) mass is 369 g/mol. The van der Waals surface area contributed by atoms with E-state index in [2.05, 4.69) is 0 Å². The number of hydrogen-bond acceptors (Lipinski definition) is 4. The Labute approximate surface area is 145 Å². The summed E-state index contributed by atoms with van der Waals surface area (Å²) < 4.78 is 13.7. The summed E-state index contributed by atoms with van der Waals surface area (Å²) >= 11 is 13.9. The van der Waals surface area contributed by atoms with Gasteiger partial charge in [0, 0.05) is 9.75 Å². The maximum absolute atomic E-state index is 13.3. The summed E-state index contributed by atoms with van der Waals surface area (Å²) in [6.45, 7) is 2.01. The quantitative estimate of drug-likeness (QED) is 0.532. The number of hydrogen-bond donors (Lipinski definition) is 0. The highest BCUT2D eigenvalue weighted by Gasteiger charge is 2.33. The van der Waals surface area contributed by atoms with Crippen molar-refractivity contribution in [1.29, 1.82) is 0 Å².